The molecule has 4 heteroatoms. The van der Waals surface area contributed by atoms with E-state index in [0.29, 0.717) is 11.8 Å². The van der Waals surface area contributed by atoms with E-state index in [0.717, 1.165) is 31.1 Å². The van der Waals surface area contributed by atoms with Gasteiger partial charge in [0, 0.05) is 12.6 Å². The number of carbonyl (C=O) groups excluding carboxylic acids is 1. The van der Waals surface area contributed by atoms with Gasteiger partial charge in [-0.25, -0.2) is 0 Å². The molecule has 1 aliphatic heterocycles. The Morgan fingerprint density at radius 2 is 2.46 bits per heavy atom. The third kappa shape index (κ3) is 2.92. The first-order chi connectivity index (χ1) is 6.25. The van der Waals surface area contributed by atoms with Gasteiger partial charge in [-0.3, -0.25) is 4.79 Å². The van der Waals surface area contributed by atoms with Gasteiger partial charge in [-0.2, -0.15) is 5.26 Å². The van der Waals surface area contributed by atoms with Crippen molar-refractivity contribution in [1.29, 1.82) is 5.26 Å². The summed E-state index contributed by atoms with van der Waals surface area (Å²) in [6, 6.07) is 0.362. The summed E-state index contributed by atoms with van der Waals surface area (Å²) in [5.41, 5.74) is 0. The summed E-state index contributed by atoms with van der Waals surface area (Å²) in [5.74, 6) is 0.416. The molecule has 0 aromatic heterocycles. The highest BCUT2D eigenvalue weighted by Gasteiger charge is 2.22. The van der Waals surface area contributed by atoms with Crippen molar-refractivity contribution in [3.8, 4) is 5.40 Å². The zero-order chi connectivity index (χ0) is 9.68. The molecule has 1 aliphatic rings. The first kappa shape index (κ1) is 10.4. The molecule has 0 bridgehead atoms. The molecule has 0 N–H and O–H groups in total. The summed E-state index contributed by atoms with van der Waals surface area (Å²) in [7, 11) is 0. The van der Waals surface area contributed by atoms with E-state index in [2.05, 4.69) is 6.92 Å². The third-order valence-electron chi connectivity index (χ3n) is 2.38. The summed E-state index contributed by atoms with van der Waals surface area (Å²) in [6.45, 7) is 2.94. The number of hydrogen-bond donors (Lipinski definition) is 0. The Hall–Kier alpha value is -0.690. The number of amides is 1. The zero-order valence-corrected chi connectivity index (χ0v) is 8.64. The Labute approximate surface area is 83.1 Å². The average molecular weight is 198 g/mol. The molecule has 1 saturated heterocycles. The molecule has 0 radical (unpaired) electrons. The standard InChI is InChI=1S/C9H14N2OS/c1-8-4-2-3-5-11(8)9(12)6-13-7-10/h8H,2-6H2,1H3. The quantitative estimate of drug-likeness (QED) is 0.633. The van der Waals surface area contributed by atoms with Crippen LogP contribution in [0.25, 0.3) is 0 Å². The van der Waals surface area contributed by atoms with Crippen LogP contribution >= 0.6 is 11.8 Å². The van der Waals surface area contributed by atoms with Gasteiger partial charge in [0.25, 0.3) is 0 Å². The number of carbonyl (C=O) groups is 1. The summed E-state index contributed by atoms with van der Waals surface area (Å²) >= 11 is 1.03. The van der Waals surface area contributed by atoms with E-state index in [-0.39, 0.29) is 5.91 Å². The number of nitrogens with zero attached hydrogens (tertiary/aromatic N) is 2. The predicted molar refractivity (Wildman–Crippen MR) is 53.1 cm³/mol. The van der Waals surface area contributed by atoms with Crippen LogP contribution < -0.4 is 0 Å². The van der Waals surface area contributed by atoms with Crippen molar-refractivity contribution >= 4 is 17.7 Å². The van der Waals surface area contributed by atoms with Gasteiger partial charge in [0.05, 0.1) is 5.75 Å². The molecule has 3 nitrogen and oxygen atoms in total. The van der Waals surface area contributed by atoms with E-state index in [1.54, 1.807) is 0 Å². The van der Waals surface area contributed by atoms with Crippen molar-refractivity contribution in [2.75, 3.05) is 12.3 Å². The molecule has 0 aromatic carbocycles. The van der Waals surface area contributed by atoms with Gasteiger partial charge in [-0.15, -0.1) is 0 Å². The summed E-state index contributed by atoms with van der Waals surface area (Å²) in [6.07, 6.45) is 3.42. The molecule has 72 valence electrons. The largest absolute Gasteiger partial charge is 0.339 e. The molecule has 0 aliphatic carbocycles. The van der Waals surface area contributed by atoms with Crippen LogP contribution in [0.3, 0.4) is 0 Å². The van der Waals surface area contributed by atoms with E-state index < -0.39 is 0 Å². The smallest absolute Gasteiger partial charge is 0.233 e. The molecular formula is C9H14N2OS. The van der Waals surface area contributed by atoms with E-state index in [1.165, 1.54) is 6.42 Å². The third-order valence-corrected chi connectivity index (χ3v) is 2.90. The maximum atomic E-state index is 11.5. The topological polar surface area (TPSA) is 44.1 Å². The van der Waals surface area contributed by atoms with Crippen molar-refractivity contribution in [2.24, 2.45) is 0 Å². The fraction of sp³-hybridized carbons (Fsp3) is 0.778. The zero-order valence-electron chi connectivity index (χ0n) is 7.82. The van der Waals surface area contributed by atoms with Gasteiger partial charge in [0.2, 0.25) is 5.91 Å². The van der Waals surface area contributed by atoms with Gasteiger partial charge >= 0.3 is 0 Å². The summed E-state index contributed by atoms with van der Waals surface area (Å²) in [5, 5.41) is 10.2. The Kier molecular flexibility index (Phi) is 4.10. The lowest BCUT2D eigenvalue weighted by molar-refractivity contribution is -0.131. The second kappa shape index (κ2) is 5.13. The number of likely N-dealkylation sites (tertiary alicyclic amines) is 1. The fourth-order valence-corrected chi connectivity index (χ4v) is 2.00. The van der Waals surface area contributed by atoms with Crippen LogP contribution in [0.4, 0.5) is 0 Å². The van der Waals surface area contributed by atoms with Crippen LogP contribution in [0, 0.1) is 10.7 Å². The van der Waals surface area contributed by atoms with Crippen LogP contribution in [0.2, 0.25) is 0 Å². The van der Waals surface area contributed by atoms with Gasteiger partial charge in [0.15, 0.2) is 0 Å². The molecule has 1 unspecified atom stereocenters. The van der Waals surface area contributed by atoms with Crippen LogP contribution in [0.15, 0.2) is 0 Å². The van der Waals surface area contributed by atoms with Crippen LogP contribution in [0.1, 0.15) is 26.2 Å². The Balaban J connectivity index is 2.40. The number of thiocyanates is 1. The first-order valence-electron chi connectivity index (χ1n) is 4.56. The number of nitriles is 1. The van der Waals surface area contributed by atoms with Crippen molar-refractivity contribution in [3.63, 3.8) is 0 Å². The predicted octanol–water partition coefficient (Wildman–Crippen LogP) is 1.60. The summed E-state index contributed by atoms with van der Waals surface area (Å²) < 4.78 is 0. The number of piperidine rings is 1. The van der Waals surface area contributed by atoms with Gasteiger partial charge in [0.1, 0.15) is 5.40 Å². The van der Waals surface area contributed by atoms with E-state index in [9.17, 15) is 4.79 Å². The first-order valence-corrected chi connectivity index (χ1v) is 5.54. The Bertz CT molecular complexity index is 224. The Morgan fingerprint density at radius 1 is 1.69 bits per heavy atom. The van der Waals surface area contributed by atoms with Crippen molar-refractivity contribution in [2.45, 2.75) is 32.2 Å². The molecule has 0 aromatic rings. The highest BCUT2D eigenvalue weighted by atomic mass is 32.2. The van der Waals surface area contributed by atoms with Crippen LogP contribution in [-0.2, 0) is 4.79 Å². The van der Waals surface area contributed by atoms with E-state index in [1.807, 2.05) is 10.3 Å². The second-order valence-electron chi connectivity index (χ2n) is 3.31. The lowest BCUT2D eigenvalue weighted by Crippen LogP contribution is -2.42. The average Bonchev–Trinajstić information content (AvgIpc) is 2.15. The molecule has 13 heavy (non-hydrogen) atoms. The number of hydrogen-bond acceptors (Lipinski definition) is 3. The van der Waals surface area contributed by atoms with Gasteiger partial charge in [-0.05, 0) is 37.9 Å². The minimum atomic E-state index is 0.110. The van der Waals surface area contributed by atoms with Gasteiger partial charge < -0.3 is 4.90 Å². The SMILES string of the molecule is CC1CCCCN1C(=O)CSC#N. The Morgan fingerprint density at radius 3 is 3.08 bits per heavy atom. The van der Waals surface area contributed by atoms with Crippen molar-refractivity contribution in [1.82, 2.24) is 4.90 Å². The highest BCUT2D eigenvalue weighted by molar-refractivity contribution is 8.04. The molecule has 1 heterocycles. The molecular weight excluding hydrogens is 184 g/mol. The highest BCUT2D eigenvalue weighted by Crippen LogP contribution is 2.17. The maximum Gasteiger partial charge on any atom is 0.233 e. The molecule has 1 fully saturated rings. The second-order valence-corrected chi connectivity index (χ2v) is 4.07. The normalized spacial score (nSPS) is 22.5. The number of rotatable bonds is 2. The van der Waals surface area contributed by atoms with E-state index in [4.69, 9.17) is 5.26 Å². The lowest BCUT2D eigenvalue weighted by Gasteiger charge is -2.33. The van der Waals surface area contributed by atoms with Crippen molar-refractivity contribution < 1.29 is 4.79 Å². The van der Waals surface area contributed by atoms with Crippen LogP contribution in [-0.4, -0.2) is 29.1 Å². The minimum Gasteiger partial charge on any atom is -0.339 e. The molecule has 1 atom stereocenters. The molecule has 0 spiro atoms. The van der Waals surface area contributed by atoms with Crippen molar-refractivity contribution in [3.05, 3.63) is 0 Å². The molecule has 1 amide bonds. The minimum absolute atomic E-state index is 0.110. The summed E-state index contributed by atoms with van der Waals surface area (Å²) in [4.78, 5) is 13.4. The number of thioether (sulfide) groups is 1. The lowest BCUT2D eigenvalue weighted by atomic mass is 10.0. The van der Waals surface area contributed by atoms with E-state index >= 15 is 0 Å². The maximum absolute atomic E-state index is 11.5. The van der Waals surface area contributed by atoms with Gasteiger partial charge in [-0.1, -0.05) is 0 Å². The van der Waals surface area contributed by atoms with Crippen LogP contribution in [0.5, 0.6) is 0 Å². The monoisotopic (exact) mass is 198 g/mol. The molecule has 1 rings (SSSR count). The fourth-order valence-electron chi connectivity index (χ4n) is 1.65. The molecule has 0 saturated carbocycles.